The van der Waals surface area contributed by atoms with Crippen molar-refractivity contribution in [3.63, 3.8) is 0 Å². The fourth-order valence-corrected chi connectivity index (χ4v) is 3.29. The number of nitrogens with one attached hydrogen (secondary N) is 3. The Balaban J connectivity index is 1.62. The highest BCUT2D eigenvalue weighted by Gasteiger charge is 2.23. The zero-order valence-electron chi connectivity index (χ0n) is 14.5. The third-order valence-electron chi connectivity index (χ3n) is 4.85. The molecular weight excluding hydrogens is 316 g/mol. The highest BCUT2D eigenvalue weighted by Crippen LogP contribution is 2.33. The van der Waals surface area contributed by atoms with Gasteiger partial charge in [-0.05, 0) is 51.5 Å². The molecule has 0 bridgehead atoms. The number of likely N-dealkylation sites (tertiary alicyclic amines) is 1. The molecule has 0 spiro atoms. The molecule has 3 N–H and O–H groups in total. The Morgan fingerprint density at radius 1 is 1.24 bits per heavy atom. The predicted octanol–water partition coefficient (Wildman–Crippen LogP) is 2.60. The first kappa shape index (κ1) is 15.8. The smallest absolute Gasteiger partial charge is 0.261 e. The molecule has 7 nitrogen and oxygen atoms in total. The Morgan fingerprint density at radius 2 is 2.04 bits per heavy atom. The first-order valence-corrected chi connectivity index (χ1v) is 8.60. The van der Waals surface area contributed by atoms with E-state index in [0.29, 0.717) is 23.4 Å². The summed E-state index contributed by atoms with van der Waals surface area (Å²) in [7, 11) is 2.14. The minimum Gasteiger partial charge on any atom is -0.351 e. The van der Waals surface area contributed by atoms with Gasteiger partial charge in [-0.25, -0.2) is 4.98 Å². The van der Waals surface area contributed by atoms with E-state index in [9.17, 15) is 4.79 Å². The van der Waals surface area contributed by atoms with Crippen LogP contribution in [-0.2, 0) is 0 Å². The van der Waals surface area contributed by atoms with E-state index in [1.54, 1.807) is 6.20 Å². The molecule has 0 aliphatic carbocycles. The molecule has 1 saturated heterocycles. The second-order valence-electron chi connectivity index (χ2n) is 6.75. The molecule has 2 aliphatic heterocycles. The van der Waals surface area contributed by atoms with Gasteiger partial charge in [0, 0.05) is 12.2 Å². The lowest BCUT2D eigenvalue weighted by Gasteiger charge is -2.29. The fourth-order valence-electron chi connectivity index (χ4n) is 3.29. The number of piperidine rings is 1. The number of aryl methyl sites for hydroxylation is 1. The van der Waals surface area contributed by atoms with Crippen molar-refractivity contribution < 1.29 is 4.79 Å². The lowest BCUT2D eigenvalue weighted by Crippen LogP contribution is -2.37. The van der Waals surface area contributed by atoms with Crippen LogP contribution in [0.5, 0.6) is 0 Å². The average Bonchev–Trinajstić information content (AvgIpc) is 2.74. The van der Waals surface area contributed by atoms with Crippen molar-refractivity contribution in [2.45, 2.75) is 25.8 Å². The number of benzene rings is 1. The Labute approximate surface area is 146 Å². The Bertz CT molecular complexity index is 813. The van der Waals surface area contributed by atoms with Crippen molar-refractivity contribution in [1.29, 1.82) is 0 Å². The van der Waals surface area contributed by atoms with Crippen LogP contribution < -0.4 is 16.0 Å². The number of anilines is 4. The summed E-state index contributed by atoms with van der Waals surface area (Å²) in [5, 5.41) is 9.63. The van der Waals surface area contributed by atoms with Crippen LogP contribution in [-0.4, -0.2) is 47.0 Å². The molecule has 0 saturated carbocycles. The minimum atomic E-state index is -0.197. The normalized spacial score (nSPS) is 17.8. The number of carbonyl (C=O) groups is 1. The predicted molar refractivity (Wildman–Crippen MR) is 98.6 cm³/mol. The van der Waals surface area contributed by atoms with Crippen molar-refractivity contribution in [1.82, 2.24) is 14.9 Å². The van der Waals surface area contributed by atoms with Gasteiger partial charge in [-0.3, -0.25) is 4.79 Å². The standard InChI is InChI=1S/C18H22N6O/c1-11-4-3-5-14-15(11)22-16-13(17(25)21-14)10-19-18(23-16)20-12-6-8-24(2)9-7-12/h3-5,10,12H,6-9H2,1-2H3,(H,21,25)(H2,19,20,22,23). The van der Waals surface area contributed by atoms with Crippen molar-refractivity contribution in [3.8, 4) is 0 Å². The summed E-state index contributed by atoms with van der Waals surface area (Å²) in [6.45, 7) is 4.13. The van der Waals surface area contributed by atoms with Crippen molar-refractivity contribution in [2.75, 3.05) is 36.1 Å². The second kappa shape index (κ2) is 6.33. The number of rotatable bonds is 2. The number of nitrogens with zero attached hydrogens (tertiary/aromatic N) is 3. The van der Waals surface area contributed by atoms with Gasteiger partial charge in [0.2, 0.25) is 5.95 Å². The summed E-state index contributed by atoms with van der Waals surface area (Å²) in [5.41, 5.74) is 3.13. The number of fused-ring (bicyclic) bond motifs is 2. The molecule has 0 radical (unpaired) electrons. The van der Waals surface area contributed by atoms with Crippen LogP contribution in [0.1, 0.15) is 28.8 Å². The molecule has 3 heterocycles. The van der Waals surface area contributed by atoms with E-state index in [4.69, 9.17) is 0 Å². The van der Waals surface area contributed by atoms with Gasteiger partial charge >= 0.3 is 0 Å². The third-order valence-corrected chi connectivity index (χ3v) is 4.85. The first-order valence-electron chi connectivity index (χ1n) is 8.60. The van der Waals surface area contributed by atoms with Crippen molar-refractivity contribution in [2.24, 2.45) is 0 Å². The van der Waals surface area contributed by atoms with Crippen LogP contribution >= 0.6 is 0 Å². The highest BCUT2D eigenvalue weighted by atomic mass is 16.1. The Morgan fingerprint density at radius 3 is 2.84 bits per heavy atom. The molecular formula is C18H22N6O. The summed E-state index contributed by atoms with van der Waals surface area (Å²) in [6, 6.07) is 6.17. The van der Waals surface area contributed by atoms with E-state index in [2.05, 4.69) is 37.9 Å². The van der Waals surface area contributed by atoms with Crippen molar-refractivity contribution in [3.05, 3.63) is 35.5 Å². The van der Waals surface area contributed by atoms with E-state index in [1.165, 1.54) is 0 Å². The number of hydrogen-bond donors (Lipinski definition) is 3. The second-order valence-corrected chi connectivity index (χ2v) is 6.75. The zero-order chi connectivity index (χ0) is 17.4. The molecule has 1 aromatic heterocycles. The monoisotopic (exact) mass is 338 g/mol. The van der Waals surface area contributed by atoms with Gasteiger partial charge in [-0.1, -0.05) is 12.1 Å². The average molecular weight is 338 g/mol. The third kappa shape index (κ3) is 3.15. The summed E-state index contributed by atoms with van der Waals surface area (Å²) >= 11 is 0. The van der Waals surface area contributed by atoms with Crippen LogP contribution in [0.2, 0.25) is 0 Å². The van der Waals surface area contributed by atoms with E-state index in [0.717, 1.165) is 42.9 Å². The maximum absolute atomic E-state index is 12.5. The number of hydrogen-bond acceptors (Lipinski definition) is 6. The summed E-state index contributed by atoms with van der Waals surface area (Å²) in [6.07, 6.45) is 3.71. The Hall–Kier alpha value is -2.67. The maximum atomic E-state index is 12.5. The van der Waals surface area contributed by atoms with E-state index in [-0.39, 0.29) is 5.91 Å². The largest absolute Gasteiger partial charge is 0.351 e. The molecule has 0 atom stereocenters. The quantitative estimate of drug-likeness (QED) is 0.781. The lowest BCUT2D eigenvalue weighted by molar-refractivity contribution is 0.102. The van der Waals surface area contributed by atoms with E-state index in [1.807, 2.05) is 25.1 Å². The molecule has 4 rings (SSSR count). The molecule has 1 aromatic carbocycles. The lowest BCUT2D eigenvalue weighted by atomic mass is 10.1. The van der Waals surface area contributed by atoms with Gasteiger partial charge in [-0.15, -0.1) is 0 Å². The van der Waals surface area contributed by atoms with E-state index < -0.39 is 0 Å². The topological polar surface area (TPSA) is 82.2 Å². The number of para-hydroxylation sites is 1. The van der Waals surface area contributed by atoms with Gasteiger partial charge in [0.1, 0.15) is 11.4 Å². The maximum Gasteiger partial charge on any atom is 0.261 e. The van der Waals surface area contributed by atoms with Crippen LogP contribution in [0.15, 0.2) is 24.4 Å². The van der Waals surface area contributed by atoms with Crippen LogP contribution in [0.3, 0.4) is 0 Å². The molecule has 0 unspecified atom stereocenters. The van der Waals surface area contributed by atoms with E-state index >= 15 is 0 Å². The van der Waals surface area contributed by atoms with Gasteiger partial charge in [0.15, 0.2) is 0 Å². The van der Waals surface area contributed by atoms with Crippen LogP contribution in [0.4, 0.5) is 23.1 Å². The number of carbonyl (C=O) groups excluding carboxylic acids is 1. The first-order chi connectivity index (χ1) is 12.1. The molecule has 1 fully saturated rings. The number of amides is 1. The molecule has 2 aromatic rings. The molecule has 25 heavy (non-hydrogen) atoms. The minimum absolute atomic E-state index is 0.197. The fraction of sp³-hybridized carbons (Fsp3) is 0.389. The van der Waals surface area contributed by atoms with Gasteiger partial charge in [0.05, 0.1) is 11.4 Å². The highest BCUT2D eigenvalue weighted by molar-refractivity contribution is 6.11. The molecule has 2 aliphatic rings. The van der Waals surface area contributed by atoms with Gasteiger partial charge in [0.25, 0.3) is 5.91 Å². The summed E-state index contributed by atoms with van der Waals surface area (Å²) < 4.78 is 0. The SMILES string of the molecule is Cc1cccc2c1Nc1nc(NC3CCN(C)CC3)ncc1C(=O)N2. The van der Waals surface area contributed by atoms with Gasteiger partial charge < -0.3 is 20.9 Å². The molecule has 1 amide bonds. The van der Waals surface area contributed by atoms with Crippen LogP contribution in [0.25, 0.3) is 0 Å². The van der Waals surface area contributed by atoms with Crippen LogP contribution in [0, 0.1) is 6.92 Å². The summed E-state index contributed by atoms with van der Waals surface area (Å²) in [5.74, 6) is 0.902. The zero-order valence-corrected chi connectivity index (χ0v) is 14.5. The van der Waals surface area contributed by atoms with Gasteiger partial charge in [-0.2, -0.15) is 4.98 Å². The van der Waals surface area contributed by atoms with Crippen molar-refractivity contribution >= 4 is 29.0 Å². The molecule has 130 valence electrons. The number of aromatic nitrogens is 2. The summed E-state index contributed by atoms with van der Waals surface area (Å²) in [4.78, 5) is 23.7. The Kier molecular flexibility index (Phi) is 4.01. The molecule has 7 heteroatoms.